The molecule has 1 saturated carbocycles. The fraction of sp³-hybridized carbons (Fsp3) is 0.462. The minimum absolute atomic E-state index is 0.0736. The zero-order valence-corrected chi connectivity index (χ0v) is 11.7. The van der Waals surface area contributed by atoms with Gasteiger partial charge in [0.15, 0.2) is 5.78 Å². The van der Waals surface area contributed by atoms with Crippen LogP contribution < -0.4 is 0 Å². The van der Waals surface area contributed by atoms with E-state index in [1.54, 1.807) is 0 Å². The van der Waals surface area contributed by atoms with Crippen molar-refractivity contribution in [1.82, 2.24) is 4.98 Å². The average molecular weight is 302 g/mol. The van der Waals surface area contributed by atoms with Crippen molar-refractivity contribution in [3.8, 4) is 0 Å². The molecule has 1 atom stereocenters. The first kappa shape index (κ1) is 14.3. The third kappa shape index (κ3) is 2.74. The Balaban J connectivity index is 2.36. The fourth-order valence-corrected chi connectivity index (χ4v) is 2.90. The molecule has 19 heavy (non-hydrogen) atoms. The molecule has 1 fully saturated rings. The average Bonchev–Trinajstić information content (AvgIpc) is 2.35. The standard InChI is InChI=1S/C13H13Cl2NO3/c14-9-5-11(15)16-7-8(9)6-13(12(18)19)4-2-1-3-10(13)17/h5,7H,1-4,6H2,(H,18,19). The van der Waals surface area contributed by atoms with Gasteiger partial charge in [0.2, 0.25) is 0 Å². The van der Waals surface area contributed by atoms with Crippen LogP contribution in [0, 0.1) is 5.41 Å². The summed E-state index contributed by atoms with van der Waals surface area (Å²) >= 11 is 11.7. The summed E-state index contributed by atoms with van der Waals surface area (Å²) in [6.07, 6.45) is 3.66. The van der Waals surface area contributed by atoms with Gasteiger partial charge >= 0.3 is 5.97 Å². The van der Waals surface area contributed by atoms with E-state index in [0.717, 1.165) is 12.8 Å². The number of hydrogen-bond acceptors (Lipinski definition) is 3. The van der Waals surface area contributed by atoms with Crippen LogP contribution in [0.1, 0.15) is 31.2 Å². The highest BCUT2D eigenvalue weighted by atomic mass is 35.5. The highest BCUT2D eigenvalue weighted by molar-refractivity contribution is 6.34. The topological polar surface area (TPSA) is 67.3 Å². The van der Waals surface area contributed by atoms with Gasteiger partial charge in [0, 0.05) is 17.6 Å². The van der Waals surface area contributed by atoms with E-state index >= 15 is 0 Å². The minimum Gasteiger partial charge on any atom is -0.480 e. The van der Waals surface area contributed by atoms with Gasteiger partial charge in [0.25, 0.3) is 0 Å². The lowest BCUT2D eigenvalue weighted by Gasteiger charge is -2.31. The molecule has 4 nitrogen and oxygen atoms in total. The summed E-state index contributed by atoms with van der Waals surface area (Å²) in [6, 6.07) is 1.46. The molecular formula is C13H13Cl2NO3. The first-order chi connectivity index (χ1) is 8.95. The number of carboxylic acid groups (broad SMARTS) is 1. The van der Waals surface area contributed by atoms with Crippen LogP contribution in [0.3, 0.4) is 0 Å². The van der Waals surface area contributed by atoms with Gasteiger partial charge < -0.3 is 5.11 Å². The van der Waals surface area contributed by atoms with Crippen molar-refractivity contribution in [2.75, 3.05) is 0 Å². The lowest BCUT2D eigenvalue weighted by molar-refractivity contribution is -0.157. The summed E-state index contributed by atoms with van der Waals surface area (Å²) in [4.78, 5) is 27.5. The molecule has 2 rings (SSSR count). The van der Waals surface area contributed by atoms with E-state index in [0.29, 0.717) is 23.4 Å². The number of aromatic nitrogens is 1. The normalized spacial score (nSPS) is 23.4. The Hall–Kier alpha value is -1.13. The van der Waals surface area contributed by atoms with Gasteiger partial charge in [-0.05, 0) is 30.9 Å². The quantitative estimate of drug-likeness (QED) is 0.688. The van der Waals surface area contributed by atoms with E-state index in [9.17, 15) is 14.7 Å². The van der Waals surface area contributed by atoms with Crippen LogP contribution in [0.4, 0.5) is 0 Å². The van der Waals surface area contributed by atoms with Crippen molar-refractivity contribution < 1.29 is 14.7 Å². The Bertz CT molecular complexity index is 533. The molecule has 1 heterocycles. The summed E-state index contributed by atoms with van der Waals surface area (Å²) in [5.41, 5.74) is -0.819. The summed E-state index contributed by atoms with van der Waals surface area (Å²) in [5.74, 6) is -1.31. The Labute approximate surface area is 120 Å². The Kier molecular flexibility index (Phi) is 4.11. The molecule has 0 aromatic carbocycles. The zero-order chi connectivity index (χ0) is 14.0. The molecule has 1 aliphatic carbocycles. The maximum Gasteiger partial charge on any atom is 0.317 e. The third-order valence-electron chi connectivity index (χ3n) is 3.59. The Morgan fingerprint density at radius 2 is 2.16 bits per heavy atom. The molecule has 0 amide bonds. The van der Waals surface area contributed by atoms with Gasteiger partial charge in [-0.1, -0.05) is 29.6 Å². The van der Waals surface area contributed by atoms with Crippen LogP contribution in [-0.4, -0.2) is 21.8 Å². The zero-order valence-electron chi connectivity index (χ0n) is 10.2. The number of nitrogens with zero attached hydrogens (tertiary/aromatic N) is 1. The molecule has 0 spiro atoms. The van der Waals surface area contributed by atoms with Gasteiger partial charge in [0.05, 0.1) is 0 Å². The summed E-state index contributed by atoms with van der Waals surface area (Å²) < 4.78 is 0. The van der Waals surface area contributed by atoms with E-state index in [-0.39, 0.29) is 17.4 Å². The third-order valence-corrected chi connectivity index (χ3v) is 4.15. The summed E-state index contributed by atoms with van der Waals surface area (Å²) in [7, 11) is 0. The molecule has 0 saturated heterocycles. The molecule has 0 aliphatic heterocycles. The number of carbonyl (C=O) groups is 2. The van der Waals surface area contributed by atoms with Crippen LogP contribution in [-0.2, 0) is 16.0 Å². The summed E-state index contributed by atoms with van der Waals surface area (Å²) in [5, 5.41) is 10.0. The summed E-state index contributed by atoms with van der Waals surface area (Å²) in [6.45, 7) is 0. The Morgan fingerprint density at radius 1 is 1.42 bits per heavy atom. The van der Waals surface area contributed by atoms with E-state index in [1.165, 1.54) is 12.3 Å². The van der Waals surface area contributed by atoms with Crippen molar-refractivity contribution in [3.05, 3.63) is 28.0 Å². The molecule has 1 aromatic rings. The highest BCUT2D eigenvalue weighted by Gasteiger charge is 2.47. The first-order valence-corrected chi connectivity index (χ1v) is 6.78. The van der Waals surface area contributed by atoms with Crippen LogP contribution in [0.25, 0.3) is 0 Å². The smallest absolute Gasteiger partial charge is 0.317 e. The molecule has 0 bridgehead atoms. The number of pyridine rings is 1. The van der Waals surface area contributed by atoms with Crippen molar-refractivity contribution in [1.29, 1.82) is 0 Å². The second-order valence-corrected chi connectivity index (χ2v) is 5.59. The predicted molar refractivity (Wildman–Crippen MR) is 71.5 cm³/mol. The molecule has 1 N–H and O–H groups in total. The number of rotatable bonds is 3. The second kappa shape index (κ2) is 5.47. The number of carbonyl (C=O) groups excluding carboxylic acids is 1. The van der Waals surface area contributed by atoms with Crippen LogP contribution in [0.5, 0.6) is 0 Å². The van der Waals surface area contributed by atoms with Crippen molar-refractivity contribution in [2.24, 2.45) is 5.41 Å². The SMILES string of the molecule is O=C(O)C1(Cc2cnc(Cl)cc2Cl)CCCCC1=O. The number of aliphatic carboxylic acids is 1. The maximum atomic E-state index is 12.1. The molecule has 102 valence electrons. The molecule has 1 aliphatic rings. The largest absolute Gasteiger partial charge is 0.480 e. The predicted octanol–water partition coefficient (Wildman–Crippen LogP) is 3.15. The van der Waals surface area contributed by atoms with Crippen molar-refractivity contribution in [3.63, 3.8) is 0 Å². The molecule has 0 radical (unpaired) electrons. The lowest BCUT2D eigenvalue weighted by atomic mass is 9.69. The first-order valence-electron chi connectivity index (χ1n) is 6.02. The number of Topliss-reactive ketones (excluding diaryl/α,β-unsaturated/α-hetero) is 1. The van der Waals surface area contributed by atoms with Crippen molar-refractivity contribution in [2.45, 2.75) is 32.1 Å². The highest BCUT2D eigenvalue weighted by Crippen LogP contribution is 2.38. The van der Waals surface area contributed by atoms with E-state index in [1.807, 2.05) is 0 Å². The molecule has 1 aromatic heterocycles. The Morgan fingerprint density at radius 3 is 2.74 bits per heavy atom. The second-order valence-electron chi connectivity index (χ2n) is 4.79. The van der Waals surface area contributed by atoms with Gasteiger partial charge in [0.1, 0.15) is 10.6 Å². The lowest BCUT2D eigenvalue weighted by Crippen LogP contribution is -2.43. The maximum absolute atomic E-state index is 12.1. The van der Waals surface area contributed by atoms with Crippen LogP contribution >= 0.6 is 23.2 Å². The van der Waals surface area contributed by atoms with E-state index in [2.05, 4.69) is 4.98 Å². The van der Waals surface area contributed by atoms with E-state index in [4.69, 9.17) is 23.2 Å². The van der Waals surface area contributed by atoms with E-state index < -0.39 is 11.4 Å². The molecule has 6 heteroatoms. The number of halogens is 2. The van der Waals surface area contributed by atoms with Crippen molar-refractivity contribution >= 4 is 35.0 Å². The molecule has 1 unspecified atom stereocenters. The monoisotopic (exact) mass is 301 g/mol. The van der Waals surface area contributed by atoms with Gasteiger partial charge in [-0.2, -0.15) is 0 Å². The van der Waals surface area contributed by atoms with Crippen LogP contribution in [0.2, 0.25) is 10.2 Å². The number of ketones is 1. The van der Waals surface area contributed by atoms with Crippen LogP contribution in [0.15, 0.2) is 12.3 Å². The van der Waals surface area contributed by atoms with Gasteiger partial charge in [-0.25, -0.2) is 4.98 Å². The molecular weight excluding hydrogens is 289 g/mol. The minimum atomic E-state index is -1.36. The van der Waals surface area contributed by atoms with Gasteiger partial charge in [-0.15, -0.1) is 0 Å². The number of hydrogen-bond donors (Lipinski definition) is 1. The number of carboxylic acids is 1. The fourth-order valence-electron chi connectivity index (χ4n) is 2.47. The van der Waals surface area contributed by atoms with Gasteiger partial charge in [-0.3, -0.25) is 9.59 Å².